The van der Waals surface area contributed by atoms with E-state index in [0.717, 1.165) is 51.0 Å². The van der Waals surface area contributed by atoms with Gasteiger partial charge in [0, 0.05) is 38.4 Å². The predicted octanol–water partition coefficient (Wildman–Crippen LogP) is 1.18. The summed E-state index contributed by atoms with van der Waals surface area (Å²) >= 11 is 0. The summed E-state index contributed by atoms with van der Waals surface area (Å²) in [4.78, 5) is 6.83. The highest BCUT2D eigenvalue weighted by atomic mass is 32.2. The van der Waals surface area contributed by atoms with Gasteiger partial charge in [-0.2, -0.15) is 4.31 Å². The van der Waals surface area contributed by atoms with E-state index >= 15 is 0 Å². The number of piperidine rings is 2. The van der Waals surface area contributed by atoms with Gasteiger partial charge >= 0.3 is 0 Å². The molecule has 0 bridgehead atoms. The molecule has 122 valence electrons. The van der Waals surface area contributed by atoms with Gasteiger partial charge in [0.15, 0.2) is 0 Å². The second-order valence-electron chi connectivity index (χ2n) is 6.14. The van der Waals surface area contributed by atoms with E-state index in [1.807, 2.05) is 6.07 Å². The van der Waals surface area contributed by atoms with Crippen molar-refractivity contribution in [1.29, 1.82) is 0 Å². The lowest BCUT2D eigenvalue weighted by Crippen LogP contribution is -2.40. The summed E-state index contributed by atoms with van der Waals surface area (Å²) < 4.78 is 26.7. The molecule has 0 aliphatic carbocycles. The summed E-state index contributed by atoms with van der Waals surface area (Å²) in [5, 5.41) is 0. The lowest BCUT2D eigenvalue weighted by atomic mass is 10.1. The molecule has 0 aromatic carbocycles. The lowest BCUT2D eigenvalue weighted by Gasteiger charge is -2.31. The molecule has 0 saturated carbocycles. The summed E-state index contributed by atoms with van der Waals surface area (Å²) in [6.45, 7) is 3.00. The Morgan fingerprint density at radius 2 is 1.73 bits per heavy atom. The number of rotatable bonds is 3. The molecule has 0 unspecified atom stereocenters. The Morgan fingerprint density at radius 3 is 2.32 bits per heavy atom. The van der Waals surface area contributed by atoms with Gasteiger partial charge in [0.2, 0.25) is 10.0 Å². The molecule has 1 aromatic heterocycles. The molecular formula is C15H24N4O2S. The maximum Gasteiger partial charge on any atom is 0.244 e. The summed E-state index contributed by atoms with van der Waals surface area (Å²) in [5.41, 5.74) is 5.91. The van der Waals surface area contributed by atoms with E-state index in [4.69, 9.17) is 5.73 Å². The Bertz CT molecular complexity index is 588. The molecule has 3 rings (SSSR count). The molecule has 2 N–H and O–H groups in total. The monoisotopic (exact) mass is 324 g/mol. The number of aromatic nitrogens is 1. The number of hydrogen-bond donors (Lipinski definition) is 1. The van der Waals surface area contributed by atoms with Crippen LogP contribution >= 0.6 is 0 Å². The molecule has 0 amide bonds. The van der Waals surface area contributed by atoms with Crippen molar-refractivity contribution in [3.05, 3.63) is 18.3 Å². The SMILES string of the molecule is NC1CCN(c2ccc(S(=O)(=O)N3CCCCC3)cn2)CC1. The number of pyridine rings is 1. The number of nitrogens with two attached hydrogens (primary N) is 1. The van der Waals surface area contributed by atoms with Gasteiger partial charge in [-0.05, 0) is 37.8 Å². The maximum atomic E-state index is 12.6. The number of anilines is 1. The van der Waals surface area contributed by atoms with Crippen LogP contribution in [0.15, 0.2) is 23.2 Å². The Hall–Kier alpha value is -1.18. The van der Waals surface area contributed by atoms with E-state index in [1.165, 1.54) is 6.20 Å². The quantitative estimate of drug-likeness (QED) is 0.903. The van der Waals surface area contributed by atoms with Gasteiger partial charge in [0.25, 0.3) is 0 Å². The molecular weight excluding hydrogens is 300 g/mol. The van der Waals surface area contributed by atoms with E-state index in [0.29, 0.717) is 18.0 Å². The van der Waals surface area contributed by atoms with Crippen molar-refractivity contribution in [2.45, 2.75) is 43.0 Å². The van der Waals surface area contributed by atoms with Crippen LogP contribution in [0, 0.1) is 0 Å². The molecule has 6 nitrogen and oxygen atoms in total. The van der Waals surface area contributed by atoms with Crippen molar-refractivity contribution in [3.8, 4) is 0 Å². The fraction of sp³-hybridized carbons (Fsp3) is 0.667. The molecule has 22 heavy (non-hydrogen) atoms. The van der Waals surface area contributed by atoms with E-state index in [2.05, 4.69) is 9.88 Å². The van der Waals surface area contributed by atoms with Crippen molar-refractivity contribution in [2.75, 3.05) is 31.1 Å². The normalized spacial score (nSPS) is 22.0. The van der Waals surface area contributed by atoms with Crippen molar-refractivity contribution in [2.24, 2.45) is 5.73 Å². The minimum absolute atomic E-state index is 0.273. The zero-order chi connectivity index (χ0) is 15.6. The molecule has 3 heterocycles. The Morgan fingerprint density at radius 1 is 1.05 bits per heavy atom. The van der Waals surface area contributed by atoms with Gasteiger partial charge in [-0.25, -0.2) is 13.4 Å². The third-order valence-corrected chi connectivity index (χ3v) is 6.42. The van der Waals surface area contributed by atoms with Crippen molar-refractivity contribution >= 4 is 15.8 Å². The third kappa shape index (κ3) is 3.26. The maximum absolute atomic E-state index is 12.6. The highest BCUT2D eigenvalue weighted by Gasteiger charge is 2.26. The van der Waals surface area contributed by atoms with E-state index < -0.39 is 10.0 Å². The van der Waals surface area contributed by atoms with Gasteiger partial charge in [0.1, 0.15) is 10.7 Å². The van der Waals surface area contributed by atoms with Crippen LogP contribution in [0.2, 0.25) is 0 Å². The second kappa shape index (κ2) is 6.52. The zero-order valence-electron chi connectivity index (χ0n) is 12.8. The van der Waals surface area contributed by atoms with Crippen LogP contribution in [-0.4, -0.2) is 49.9 Å². The molecule has 2 saturated heterocycles. The topological polar surface area (TPSA) is 79.5 Å². The van der Waals surface area contributed by atoms with Crippen molar-refractivity contribution < 1.29 is 8.42 Å². The molecule has 7 heteroatoms. The van der Waals surface area contributed by atoms with Gasteiger partial charge in [0.05, 0.1) is 0 Å². The van der Waals surface area contributed by atoms with Crippen LogP contribution in [-0.2, 0) is 10.0 Å². The molecule has 2 aliphatic rings. The summed E-state index contributed by atoms with van der Waals surface area (Å²) in [6.07, 6.45) is 6.40. The molecule has 1 aromatic rings. The number of nitrogens with zero attached hydrogens (tertiary/aromatic N) is 3. The molecule has 0 radical (unpaired) electrons. The summed E-state index contributed by atoms with van der Waals surface area (Å²) in [6, 6.07) is 3.77. The first kappa shape index (κ1) is 15.7. The number of hydrogen-bond acceptors (Lipinski definition) is 5. The second-order valence-corrected chi connectivity index (χ2v) is 8.08. The van der Waals surface area contributed by atoms with Crippen LogP contribution in [0.3, 0.4) is 0 Å². The Balaban J connectivity index is 1.73. The number of sulfonamides is 1. The molecule has 2 aliphatic heterocycles. The minimum Gasteiger partial charge on any atom is -0.357 e. The Labute approximate surface area is 132 Å². The summed E-state index contributed by atoms with van der Waals surface area (Å²) in [5.74, 6) is 0.837. The van der Waals surface area contributed by atoms with Crippen LogP contribution in [0.4, 0.5) is 5.82 Å². The fourth-order valence-electron chi connectivity index (χ4n) is 3.10. The van der Waals surface area contributed by atoms with Crippen molar-refractivity contribution in [1.82, 2.24) is 9.29 Å². The first-order chi connectivity index (χ1) is 10.6. The smallest absolute Gasteiger partial charge is 0.244 e. The van der Waals surface area contributed by atoms with Gasteiger partial charge in [-0.3, -0.25) is 0 Å². The first-order valence-corrected chi connectivity index (χ1v) is 9.48. The molecule has 2 fully saturated rings. The Kier molecular flexibility index (Phi) is 4.65. The average Bonchev–Trinajstić information content (AvgIpc) is 2.56. The van der Waals surface area contributed by atoms with Crippen LogP contribution in [0.25, 0.3) is 0 Å². The van der Waals surface area contributed by atoms with E-state index in [1.54, 1.807) is 10.4 Å². The predicted molar refractivity (Wildman–Crippen MR) is 86.3 cm³/mol. The molecule has 0 spiro atoms. The largest absolute Gasteiger partial charge is 0.357 e. The van der Waals surface area contributed by atoms with Crippen LogP contribution in [0.5, 0.6) is 0 Å². The lowest BCUT2D eigenvalue weighted by molar-refractivity contribution is 0.346. The zero-order valence-corrected chi connectivity index (χ0v) is 13.6. The van der Waals surface area contributed by atoms with E-state index in [-0.39, 0.29) is 6.04 Å². The van der Waals surface area contributed by atoms with Gasteiger partial charge in [-0.15, -0.1) is 0 Å². The standard InChI is InChI=1S/C15H24N4O2S/c16-13-6-10-18(11-7-13)15-5-4-14(12-17-15)22(20,21)19-8-2-1-3-9-19/h4-5,12-13H,1-3,6-11,16H2. The van der Waals surface area contributed by atoms with E-state index in [9.17, 15) is 8.42 Å². The van der Waals surface area contributed by atoms with Crippen LogP contribution < -0.4 is 10.6 Å². The van der Waals surface area contributed by atoms with Gasteiger partial charge in [-0.1, -0.05) is 6.42 Å². The third-order valence-electron chi connectivity index (χ3n) is 4.54. The molecule has 0 atom stereocenters. The highest BCUT2D eigenvalue weighted by Crippen LogP contribution is 2.22. The van der Waals surface area contributed by atoms with Crippen molar-refractivity contribution in [3.63, 3.8) is 0 Å². The van der Waals surface area contributed by atoms with Gasteiger partial charge < -0.3 is 10.6 Å². The fourth-order valence-corrected chi connectivity index (χ4v) is 4.56. The average molecular weight is 324 g/mol. The first-order valence-electron chi connectivity index (χ1n) is 8.04. The van der Waals surface area contributed by atoms with Crippen LogP contribution in [0.1, 0.15) is 32.1 Å². The summed E-state index contributed by atoms with van der Waals surface area (Å²) in [7, 11) is -3.39. The minimum atomic E-state index is -3.39. The highest BCUT2D eigenvalue weighted by molar-refractivity contribution is 7.89.